The third kappa shape index (κ3) is 21.0. The van der Waals surface area contributed by atoms with E-state index in [1.165, 1.54) is 16.7 Å². The number of rotatable bonds is 35. The van der Waals surface area contributed by atoms with Crippen LogP contribution in [0.1, 0.15) is 88.7 Å². The van der Waals surface area contributed by atoms with Crippen molar-refractivity contribution in [1.29, 1.82) is 0 Å². The first-order valence-electron chi connectivity index (χ1n) is 29.2. The van der Waals surface area contributed by atoms with Crippen LogP contribution in [0.2, 0.25) is 0 Å². The summed E-state index contributed by atoms with van der Waals surface area (Å²) < 4.78 is 0. The number of fused-ring (bicyclic) bond motifs is 1. The Labute approximate surface area is 516 Å². The summed E-state index contributed by atoms with van der Waals surface area (Å²) in [6, 6.07) is 0.279. The maximum atomic E-state index is 15.1. The zero-order chi connectivity index (χ0) is 66.4. The minimum Gasteiger partial charge on any atom is -0.480 e. The maximum absolute atomic E-state index is 15.1. The molecule has 490 valence electrons. The molecule has 11 atom stereocenters. The number of H-pyrrole nitrogens is 1. The predicted octanol–water partition coefficient (Wildman–Crippen LogP) is -6.43. The minimum absolute atomic E-state index is 0.00213. The van der Waals surface area contributed by atoms with Crippen LogP contribution in [0.3, 0.4) is 0 Å². The number of aliphatic carboxylic acids is 1. The lowest BCUT2D eigenvalue weighted by atomic mass is 10.0. The van der Waals surface area contributed by atoms with Gasteiger partial charge in [0, 0.05) is 62.4 Å². The smallest absolute Gasteiger partial charge is 0.328 e. The first-order chi connectivity index (χ1) is 42.7. The predicted molar refractivity (Wildman–Crippen MR) is 320 cm³/mol. The highest BCUT2D eigenvalue weighted by Crippen LogP contribution is 2.28. The van der Waals surface area contributed by atoms with E-state index in [1.807, 2.05) is 0 Å². The molecule has 2 aliphatic heterocycles. The first kappa shape index (κ1) is 71.0. The van der Waals surface area contributed by atoms with Crippen LogP contribution in [-0.2, 0) is 75.2 Å². The Morgan fingerprint density at radius 2 is 1.16 bits per heavy atom. The molecule has 2 fully saturated rings. The Bertz CT molecular complexity index is 3120. The molecule has 12 amide bonds. The van der Waals surface area contributed by atoms with Gasteiger partial charge in [0.15, 0.2) is 12.0 Å². The molecule has 33 nitrogen and oxygen atoms in total. The average molecular weight is 1260 g/mol. The molecule has 5 rings (SSSR count). The molecule has 90 heavy (non-hydrogen) atoms. The Balaban J connectivity index is 1.37. The summed E-state index contributed by atoms with van der Waals surface area (Å²) in [5.41, 5.74) is 34.6. The molecule has 0 radical (unpaired) electrons. The fourth-order valence-corrected chi connectivity index (χ4v) is 10.4. The molecule has 0 unspecified atom stereocenters. The molecule has 0 aliphatic carbocycles. The number of benzene rings is 2. The first-order valence-corrected chi connectivity index (χ1v) is 29.2. The highest BCUT2D eigenvalue weighted by molar-refractivity contribution is 6.00. The Kier molecular flexibility index (Phi) is 26.9. The van der Waals surface area contributed by atoms with Crippen molar-refractivity contribution in [2.45, 2.75) is 157 Å². The summed E-state index contributed by atoms with van der Waals surface area (Å²) in [5, 5.41) is 47.9. The van der Waals surface area contributed by atoms with E-state index in [-0.39, 0.29) is 83.4 Å². The summed E-state index contributed by atoms with van der Waals surface area (Å²) in [6.45, 7) is 0.0181. The zero-order valence-corrected chi connectivity index (χ0v) is 49.6. The standard InChI is InChI=1S/C57H81N17O16/c1-29(76)46(56(89)90)72-51(84)37(24-30-10-3-2-4-11-30)69-53(86)41-15-8-22-73(41)55(88)42-16-9-23-74(42)54(87)39(25-31-27-65-34-13-6-5-12-32(31)34)70-50(83)38(26-45(61)79)68-52(85)40(28-75)71-48(81)35(14-7-21-64-57(62)63)67-49(82)36(18-20-44(60)78)66-47(80)33(58)17-19-43(59)77/h2-6,10-13,27,29,33,35-42,46,65,75-76H,7-9,14-26,28,58H2,1H3,(H2,59,77)(H2,60,78)(H2,61,79)(H,66,80)(H,67,82)(H,68,85)(H,69,86)(H,70,83)(H,71,81)(H,72,84)(H,89,90)(H4,62,63,64)/t29-,33+,35+,36+,37+,38+,39+,40+,41+,42+,46+/m1/s1. The quantitative estimate of drug-likeness (QED) is 0.0148. The largest absolute Gasteiger partial charge is 0.480 e. The maximum Gasteiger partial charge on any atom is 0.328 e. The van der Waals surface area contributed by atoms with Gasteiger partial charge in [0.2, 0.25) is 70.9 Å². The number of nitrogens with one attached hydrogen (secondary N) is 8. The third-order valence-electron chi connectivity index (χ3n) is 15.1. The van der Waals surface area contributed by atoms with Gasteiger partial charge in [-0.3, -0.25) is 62.5 Å². The van der Waals surface area contributed by atoms with Gasteiger partial charge in [0.25, 0.3) is 0 Å². The minimum atomic E-state index is -1.92. The number of likely N-dealkylation sites (tertiary alicyclic amines) is 2. The monoisotopic (exact) mass is 1260 g/mol. The topological polar surface area (TPSA) is 558 Å². The molecule has 1 aromatic heterocycles. The molecule has 0 bridgehead atoms. The molecule has 3 heterocycles. The number of aliphatic hydroxyl groups excluding tert-OH is 2. The normalized spacial score (nSPS) is 17.5. The van der Waals surface area contributed by atoms with Crippen LogP contribution in [0.25, 0.3) is 10.9 Å². The molecule has 2 saturated heterocycles. The number of primary amides is 3. The van der Waals surface area contributed by atoms with Gasteiger partial charge in [0.1, 0.15) is 48.3 Å². The molecule has 2 aliphatic rings. The fourth-order valence-electron chi connectivity index (χ4n) is 10.4. The van der Waals surface area contributed by atoms with Gasteiger partial charge in [-0.05, 0) is 75.5 Å². The molecule has 0 saturated carbocycles. The Morgan fingerprint density at radius 1 is 0.611 bits per heavy atom. The van der Waals surface area contributed by atoms with Crippen LogP contribution in [-0.4, -0.2) is 206 Å². The van der Waals surface area contributed by atoms with Gasteiger partial charge >= 0.3 is 5.97 Å². The zero-order valence-electron chi connectivity index (χ0n) is 49.6. The number of aliphatic hydroxyl groups is 2. The van der Waals surface area contributed by atoms with Crippen molar-refractivity contribution < 1.29 is 77.6 Å². The number of nitrogens with zero attached hydrogens (tertiary/aromatic N) is 3. The van der Waals surface area contributed by atoms with Crippen LogP contribution in [0, 0.1) is 0 Å². The molecule has 33 heteroatoms. The lowest BCUT2D eigenvalue weighted by Gasteiger charge is -2.33. The van der Waals surface area contributed by atoms with Crippen LogP contribution in [0.15, 0.2) is 65.8 Å². The number of amides is 12. The molecular formula is C57H81N17O16. The van der Waals surface area contributed by atoms with Crippen molar-refractivity contribution >= 4 is 93.7 Å². The van der Waals surface area contributed by atoms with Crippen LogP contribution in [0.5, 0.6) is 0 Å². The highest BCUT2D eigenvalue weighted by atomic mass is 16.4. The second-order valence-corrected chi connectivity index (χ2v) is 22.0. The summed E-state index contributed by atoms with van der Waals surface area (Å²) in [6.07, 6.45) is -1.78. The molecule has 23 N–H and O–H groups in total. The van der Waals surface area contributed by atoms with E-state index >= 15 is 4.79 Å². The second kappa shape index (κ2) is 34.1. The van der Waals surface area contributed by atoms with Gasteiger partial charge < -0.3 is 102 Å². The lowest BCUT2D eigenvalue weighted by molar-refractivity contribution is -0.148. The van der Waals surface area contributed by atoms with Crippen LogP contribution < -0.4 is 71.6 Å². The van der Waals surface area contributed by atoms with E-state index in [2.05, 4.69) is 47.2 Å². The SMILES string of the molecule is C[C@@H](O)[C@H](NC(=O)[C@H](Cc1ccccc1)NC(=O)[C@@H]1CCCN1C(=O)[C@@H]1CCCN1C(=O)[C@H](Cc1c[nH]c2ccccc12)NC(=O)[C@H](CC(N)=O)NC(=O)[C@H](CO)NC(=O)[C@H](CCCN=C(N)N)NC(=O)[C@H](CCC(N)=O)NC(=O)[C@@H](N)CCC(N)=O)C(=O)O. The number of carboxylic acids is 1. The van der Waals surface area contributed by atoms with E-state index in [9.17, 15) is 72.9 Å². The van der Waals surface area contributed by atoms with Crippen molar-refractivity contribution in [3.8, 4) is 0 Å². The van der Waals surface area contributed by atoms with Crippen LogP contribution in [0.4, 0.5) is 0 Å². The Morgan fingerprint density at radius 3 is 1.78 bits per heavy atom. The van der Waals surface area contributed by atoms with Crippen molar-refractivity contribution in [2.24, 2.45) is 39.4 Å². The highest BCUT2D eigenvalue weighted by Gasteiger charge is 2.45. The van der Waals surface area contributed by atoms with E-state index in [4.69, 9.17) is 34.4 Å². The van der Waals surface area contributed by atoms with E-state index < -0.39 is 163 Å². The van der Waals surface area contributed by atoms with Crippen molar-refractivity contribution in [3.05, 3.63) is 71.9 Å². The van der Waals surface area contributed by atoms with E-state index in [1.54, 1.807) is 60.8 Å². The van der Waals surface area contributed by atoms with Crippen LogP contribution >= 0.6 is 0 Å². The summed E-state index contributed by atoms with van der Waals surface area (Å²) in [4.78, 5) is 184. The third-order valence-corrected chi connectivity index (χ3v) is 15.1. The number of carbonyl (C=O) groups is 13. The number of guanidine groups is 1. The number of aromatic amines is 1. The summed E-state index contributed by atoms with van der Waals surface area (Å²) in [7, 11) is 0. The number of para-hydroxylation sites is 1. The number of hydrogen-bond acceptors (Lipinski definition) is 17. The average Bonchev–Trinajstić information content (AvgIpc) is 1.71. The molecular weight excluding hydrogens is 1180 g/mol. The second-order valence-electron chi connectivity index (χ2n) is 22.0. The summed E-state index contributed by atoms with van der Waals surface area (Å²) >= 11 is 0. The number of nitrogens with two attached hydrogens (primary N) is 6. The van der Waals surface area contributed by atoms with Crippen molar-refractivity contribution in [3.63, 3.8) is 0 Å². The fraction of sp³-hybridized carbons (Fsp3) is 0.509. The number of carboxylic acid groups (broad SMARTS) is 1. The number of aromatic nitrogens is 1. The number of carbonyl (C=O) groups excluding carboxylic acids is 12. The number of aliphatic imine (C=N–C) groups is 1. The van der Waals surface area contributed by atoms with E-state index in [0.29, 0.717) is 34.9 Å². The lowest BCUT2D eigenvalue weighted by Crippen LogP contribution is -2.61. The van der Waals surface area contributed by atoms with E-state index in [0.717, 1.165) is 0 Å². The molecule has 2 aromatic carbocycles. The number of hydrogen-bond donors (Lipinski definition) is 17. The van der Waals surface area contributed by atoms with Gasteiger partial charge in [-0.1, -0.05) is 48.5 Å². The van der Waals surface area contributed by atoms with Gasteiger partial charge in [-0.15, -0.1) is 0 Å². The van der Waals surface area contributed by atoms with Gasteiger partial charge in [-0.2, -0.15) is 0 Å². The van der Waals surface area contributed by atoms with Gasteiger partial charge in [0.05, 0.1) is 25.2 Å². The van der Waals surface area contributed by atoms with Crippen molar-refractivity contribution in [2.75, 3.05) is 26.2 Å². The van der Waals surface area contributed by atoms with Gasteiger partial charge in [-0.25, -0.2) is 4.79 Å². The molecule has 0 spiro atoms. The Hall–Kier alpha value is -9.76. The van der Waals surface area contributed by atoms with Crippen molar-refractivity contribution in [1.82, 2.24) is 52.0 Å². The molecule has 3 aromatic rings. The summed E-state index contributed by atoms with van der Waals surface area (Å²) in [5.74, 6) is -13.1.